The predicted molar refractivity (Wildman–Crippen MR) is 76.6 cm³/mol. The molecule has 1 aliphatic rings. The van der Waals surface area contributed by atoms with E-state index in [9.17, 15) is 0 Å². The van der Waals surface area contributed by atoms with Gasteiger partial charge < -0.3 is 10.5 Å². The van der Waals surface area contributed by atoms with Crippen LogP contribution in [0.4, 0.5) is 0 Å². The molecule has 100 valence electrons. The summed E-state index contributed by atoms with van der Waals surface area (Å²) in [6, 6.07) is 4.09. The van der Waals surface area contributed by atoms with Crippen LogP contribution in [0, 0.1) is 6.92 Å². The third-order valence-electron chi connectivity index (χ3n) is 4.27. The summed E-state index contributed by atoms with van der Waals surface area (Å²) in [4.78, 5) is 0. The van der Waals surface area contributed by atoms with Gasteiger partial charge in [-0.05, 0) is 43.0 Å². The highest BCUT2D eigenvalue weighted by Crippen LogP contribution is 2.42. The van der Waals surface area contributed by atoms with Crippen molar-refractivity contribution in [2.24, 2.45) is 5.73 Å². The topological polar surface area (TPSA) is 35.2 Å². The van der Waals surface area contributed by atoms with Crippen LogP contribution in [0.1, 0.15) is 43.2 Å². The Balaban J connectivity index is 2.45. The van der Waals surface area contributed by atoms with Gasteiger partial charge in [0.2, 0.25) is 0 Å². The predicted octanol–water partition coefficient (Wildman–Crippen LogP) is 3.82. The van der Waals surface area contributed by atoms with Crippen LogP contribution in [0.2, 0.25) is 5.02 Å². The van der Waals surface area contributed by atoms with Gasteiger partial charge in [-0.25, -0.2) is 0 Å². The number of nitrogens with two attached hydrogens (primary N) is 1. The summed E-state index contributed by atoms with van der Waals surface area (Å²) in [5, 5.41) is 0.691. The monoisotopic (exact) mass is 267 g/mol. The third-order valence-corrected chi connectivity index (χ3v) is 4.57. The molecule has 0 radical (unpaired) electrons. The lowest BCUT2D eigenvalue weighted by Crippen LogP contribution is -2.37. The van der Waals surface area contributed by atoms with E-state index in [0.717, 1.165) is 5.75 Å². The van der Waals surface area contributed by atoms with Crippen molar-refractivity contribution in [1.29, 1.82) is 0 Å². The van der Waals surface area contributed by atoms with E-state index in [0.29, 0.717) is 11.6 Å². The van der Waals surface area contributed by atoms with Crippen molar-refractivity contribution < 1.29 is 4.74 Å². The van der Waals surface area contributed by atoms with Crippen molar-refractivity contribution >= 4 is 11.6 Å². The average molecular weight is 268 g/mol. The molecule has 0 heterocycles. The van der Waals surface area contributed by atoms with Crippen LogP contribution >= 0.6 is 11.6 Å². The Kier molecular flexibility index (Phi) is 4.18. The molecule has 0 spiro atoms. The largest absolute Gasteiger partial charge is 0.495 e. The standard InChI is InChI=1S/C15H22ClNO/c1-11-8-14(18-2)13(16)9-12(11)15(10-17)6-4-3-5-7-15/h8-9H,3-7,10,17H2,1-2H3. The van der Waals surface area contributed by atoms with Crippen LogP contribution in [0.5, 0.6) is 5.75 Å². The van der Waals surface area contributed by atoms with Crippen LogP contribution in [0.25, 0.3) is 0 Å². The molecule has 0 atom stereocenters. The van der Waals surface area contributed by atoms with Crippen LogP contribution in [-0.2, 0) is 5.41 Å². The molecule has 1 fully saturated rings. The summed E-state index contributed by atoms with van der Waals surface area (Å²) in [7, 11) is 1.65. The summed E-state index contributed by atoms with van der Waals surface area (Å²) < 4.78 is 5.27. The van der Waals surface area contributed by atoms with Crippen molar-refractivity contribution in [3.05, 3.63) is 28.3 Å². The zero-order valence-electron chi connectivity index (χ0n) is 11.3. The maximum absolute atomic E-state index is 6.27. The number of rotatable bonds is 3. The maximum atomic E-state index is 6.27. The molecule has 1 aromatic rings. The van der Waals surface area contributed by atoms with Gasteiger partial charge in [0.15, 0.2) is 0 Å². The molecule has 1 aliphatic carbocycles. The number of halogens is 1. The van der Waals surface area contributed by atoms with Gasteiger partial charge in [-0.2, -0.15) is 0 Å². The van der Waals surface area contributed by atoms with E-state index in [4.69, 9.17) is 22.1 Å². The third kappa shape index (κ3) is 2.36. The summed E-state index contributed by atoms with van der Waals surface area (Å²) in [6.45, 7) is 2.83. The number of ether oxygens (including phenoxy) is 1. The quantitative estimate of drug-likeness (QED) is 0.904. The molecule has 3 heteroatoms. The fraction of sp³-hybridized carbons (Fsp3) is 0.600. The maximum Gasteiger partial charge on any atom is 0.137 e. The fourth-order valence-electron chi connectivity index (χ4n) is 3.19. The molecule has 0 amide bonds. The molecular formula is C15H22ClNO. The number of methoxy groups -OCH3 is 1. The minimum Gasteiger partial charge on any atom is -0.495 e. The van der Waals surface area contributed by atoms with Crippen LogP contribution in [-0.4, -0.2) is 13.7 Å². The lowest BCUT2D eigenvalue weighted by atomic mass is 9.68. The molecule has 1 aromatic carbocycles. The lowest BCUT2D eigenvalue weighted by Gasteiger charge is -2.38. The van der Waals surface area contributed by atoms with Crippen molar-refractivity contribution in [1.82, 2.24) is 0 Å². The summed E-state index contributed by atoms with van der Waals surface area (Å²) in [6.07, 6.45) is 6.20. The molecular weight excluding hydrogens is 246 g/mol. The first-order chi connectivity index (χ1) is 8.63. The van der Waals surface area contributed by atoms with Gasteiger partial charge in [0.1, 0.15) is 5.75 Å². The number of hydrogen-bond donors (Lipinski definition) is 1. The van der Waals surface area contributed by atoms with Gasteiger partial charge >= 0.3 is 0 Å². The number of aryl methyl sites for hydroxylation is 1. The van der Waals surface area contributed by atoms with Gasteiger partial charge in [0.05, 0.1) is 12.1 Å². The molecule has 0 aromatic heterocycles. The molecule has 2 rings (SSSR count). The van der Waals surface area contributed by atoms with E-state index in [1.165, 1.54) is 43.2 Å². The van der Waals surface area contributed by atoms with Gasteiger partial charge in [-0.15, -0.1) is 0 Å². The van der Waals surface area contributed by atoms with Gasteiger partial charge in [-0.1, -0.05) is 30.9 Å². The second-order valence-corrected chi connectivity index (χ2v) is 5.75. The molecule has 0 aliphatic heterocycles. The van der Waals surface area contributed by atoms with Crippen molar-refractivity contribution in [2.75, 3.05) is 13.7 Å². The average Bonchev–Trinajstić information content (AvgIpc) is 2.41. The SMILES string of the molecule is COc1cc(C)c(C2(CN)CCCCC2)cc1Cl. The second-order valence-electron chi connectivity index (χ2n) is 5.35. The number of benzene rings is 1. The fourth-order valence-corrected chi connectivity index (χ4v) is 3.44. The minimum absolute atomic E-state index is 0.123. The van der Waals surface area contributed by atoms with Crippen LogP contribution < -0.4 is 10.5 Å². The van der Waals surface area contributed by atoms with Crippen molar-refractivity contribution in [3.63, 3.8) is 0 Å². The highest BCUT2D eigenvalue weighted by Gasteiger charge is 2.34. The summed E-state index contributed by atoms with van der Waals surface area (Å²) in [5.74, 6) is 0.751. The van der Waals surface area contributed by atoms with Crippen LogP contribution in [0.15, 0.2) is 12.1 Å². The first-order valence-electron chi connectivity index (χ1n) is 6.67. The highest BCUT2D eigenvalue weighted by molar-refractivity contribution is 6.32. The Morgan fingerprint density at radius 2 is 1.94 bits per heavy atom. The molecule has 0 saturated heterocycles. The Hall–Kier alpha value is -0.730. The summed E-state index contributed by atoms with van der Waals surface area (Å²) >= 11 is 6.27. The molecule has 18 heavy (non-hydrogen) atoms. The Labute approximate surface area is 114 Å². The zero-order chi connectivity index (χ0) is 13.2. The van der Waals surface area contributed by atoms with E-state index in [2.05, 4.69) is 13.0 Å². The Morgan fingerprint density at radius 1 is 1.28 bits per heavy atom. The van der Waals surface area contributed by atoms with Crippen molar-refractivity contribution in [3.8, 4) is 5.75 Å². The van der Waals surface area contributed by atoms with E-state index in [-0.39, 0.29) is 5.41 Å². The van der Waals surface area contributed by atoms with E-state index < -0.39 is 0 Å². The molecule has 2 nitrogen and oxygen atoms in total. The first-order valence-corrected chi connectivity index (χ1v) is 7.05. The smallest absolute Gasteiger partial charge is 0.137 e. The molecule has 2 N–H and O–H groups in total. The Morgan fingerprint density at radius 3 is 2.50 bits per heavy atom. The van der Waals surface area contributed by atoms with E-state index in [1.807, 2.05) is 6.07 Å². The first kappa shape index (κ1) is 13.7. The van der Waals surface area contributed by atoms with Crippen molar-refractivity contribution in [2.45, 2.75) is 44.4 Å². The molecule has 0 unspecified atom stereocenters. The second kappa shape index (κ2) is 5.50. The Bertz CT molecular complexity index is 425. The minimum atomic E-state index is 0.123. The van der Waals surface area contributed by atoms with E-state index >= 15 is 0 Å². The number of hydrogen-bond acceptors (Lipinski definition) is 2. The van der Waals surface area contributed by atoms with Gasteiger partial charge in [0.25, 0.3) is 0 Å². The highest BCUT2D eigenvalue weighted by atomic mass is 35.5. The zero-order valence-corrected chi connectivity index (χ0v) is 12.0. The lowest BCUT2D eigenvalue weighted by molar-refractivity contribution is 0.299. The van der Waals surface area contributed by atoms with Gasteiger partial charge in [-0.3, -0.25) is 0 Å². The van der Waals surface area contributed by atoms with Crippen LogP contribution in [0.3, 0.4) is 0 Å². The summed E-state index contributed by atoms with van der Waals surface area (Å²) in [5.41, 5.74) is 8.76. The normalized spacial score (nSPS) is 18.7. The molecule has 0 bridgehead atoms. The van der Waals surface area contributed by atoms with E-state index in [1.54, 1.807) is 7.11 Å². The molecule has 1 saturated carbocycles. The van der Waals surface area contributed by atoms with Gasteiger partial charge in [0, 0.05) is 12.0 Å².